The van der Waals surface area contributed by atoms with Gasteiger partial charge < -0.3 is 19.8 Å². The Bertz CT molecular complexity index is 779. The number of likely N-dealkylation sites (N-methyl/N-ethyl adjacent to an activating group) is 1. The van der Waals surface area contributed by atoms with E-state index in [0.717, 1.165) is 64.2 Å². The molecular formula is C32H62N2O6P+. The van der Waals surface area contributed by atoms with Crippen molar-refractivity contribution in [3.8, 4) is 0 Å². The van der Waals surface area contributed by atoms with Crippen molar-refractivity contribution in [3.05, 3.63) is 36.5 Å². The molecule has 9 heteroatoms. The number of hydrogen-bond donors (Lipinski definition) is 3. The van der Waals surface area contributed by atoms with Crippen LogP contribution in [0.4, 0.5) is 0 Å². The van der Waals surface area contributed by atoms with Gasteiger partial charge in [0.15, 0.2) is 0 Å². The SMILES string of the molecule is CCC/C=C\CCCCCCCC(=O)NC(COP(=O)(O)OCC[N+](C)(C)C)C(O)/C=C/CC/C=C/CCCCC. The van der Waals surface area contributed by atoms with Crippen molar-refractivity contribution in [2.75, 3.05) is 40.9 Å². The molecule has 3 unspecified atom stereocenters. The number of quaternary nitrogens is 1. The van der Waals surface area contributed by atoms with Gasteiger partial charge in [-0.3, -0.25) is 13.8 Å². The van der Waals surface area contributed by atoms with Crippen molar-refractivity contribution >= 4 is 13.7 Å². The molecule has 0 aromatic carbocycles. The van der Waals surface area contributed by atoms with Crippen LogP contribution < -0.4 is 5.32 Å². The summed E-state index contributed by atoms with van der Waals surface area (Å²) in [6, 6.07) is -0.860. The molecule has 0 spiro atoms. The van der Waals surface area contributed by atoms with Gasteiger partial charge in [-0.25, -0.2) is 4.57 Å². The highest BCUT2D eigenvalue weighted by Gasteiger charge is 2.27. The summed E-state index contributed by atoms with van der Waals surface area (Å²) in [5.74, 6) is -0.206. The number of allylic oxidation sites excluding steroid dienone is 5. The maximum Gasteiger partial charge on any atom is 0.472 e. The third-order valence-corrected chi connectivity index (χ3v) is 7.55. The predicted octanol–water partition coefficient (Wildman–Crippen LogP) is 7.23. The number of amides is 1. The topological polar surface area (TPSA) is 105 Å². The Morgan fingerprint density at radius 1 is 0.805 bits per heavy atom. The number of unbranched alkanes of at least 4 members (excludes halogenated alkanes) is 10. The minimum Gasteiger partial charge on any atom is -0.387 e. The molecule has 3 N–H and O–H groups in total. The van der Waals surface area contributed by atoms with Crippen LogP contribution in [0.25, 0.3) is 0 Å². The van der Waals surface area contributed by atoms with Crippen LogP contribution in [-0.2, 0) is 18.4 Å². The summed E-state index contributed by atoms with van der Waals surface area (Å²) in [6.07, 6.45) is 26.5. The van der Waals surface area contributed by atoms with Gasteiger partial charge in [0.2, 0.25) is 5.91 Å². The van der Waals surface area contributed by atoms with Crippen LogP contribution in [0.5, 0.6) is 0 Å². The Balaban J connectivity index is 4.73. The monoisotopic (exact) mass is 601 g/mol. The van der Waals surface area contributed by atoms with E-state index in [1.54, 1.807) is 6.08 Å². The number of hydrogen-bond acceptors (Lipinski definition) is 5. The normalized spacial score (nSPS) is 15.6. The Kier molecular flexibility index (Phi) is 24.5. The molecule has 0 aromatic rings. The number of phosphoric acid groups is 1. The predicted molar refractivity (Wildman–Crippen MR) is 171 cm³/mol. The maximum absolute atomic E-state index is 12.6. The van der Waals surface area contributed by atoms with Gasteiger partial charge in [-0.05, 0) is 51.4 Å². The summed E-state index contributed by atoms with van der Waals surface area (Å²) in [6.45, 7) is 4.62. The van der Waals surface area contributed by atoms with E-state index in [2.05, 4.69) is 43.5 Å². The summed E-state index contributed by atoms with van der Waals surface area (Å²) in [5.41, 5.74) is 0. The van der Waals surface area contributed by atoms with Gasteiger partial charge >= 0.3 is 7.82 Å². The Hall–Kier alpha value is -1.28. The first-order valence-corrected chi connectivity index (χ1v) is 17.4. The Morgan fingerprint density at radius 3 is 2.05 bits per heavy atom. The zero-order chi connectivity index (χ0) is 30.8. The van der Waals surface area contributed by atoms with Crippen LogP contribution in [0.3, 0.4) is 0 Å². The maximum atomic E-state index is 12.6. The van der Waals surface area contributed by atoms with Gasteiger partial charge in [0, 0.05) is 6.42 Å². The molecule has 0 bridgehead atoms. The van der Waals surface area contributed by atoms with Crippen molar-refractivity contribution in [3.63, 3.8) is 0 Å². The van der Waals surface area contributed by atoms with E-state index in [9.17, 15) is 19.4 Å². The van der Waals surface area contributed by atoms with Crippen molar-refractivity contribution in [2.45, 2.75) is 122 Å². The zero-order valence-corrected chi connectivity index (χ0v) is 27.7. The van der Waals surface area contributed by atoms with Crippen molar-refractivity contribution in [1.29, 1.82) is 0 Å². The first-order valence-electron chi connectivity index (χ1n) is 15.9. The zero-order valence-electron chi connectivity index (χ0n) is 26.8. The second-order valence-corrected chi connectivity index (χ2v) is 13.3. The van der Waals surface area contributed by atoms with E-state index in [4.69, 9.17) is 9.05 Å². The molecule has 0 aromatic heterocycles. The molecule has 41 heavy (non-hydrogen) atoms. The molecule has 0 radical (unpaired) electrons. The molecule has 0 saturated carbocycles. The highest BCUT2D eigenvalue weighted by atomic mass is 31.2. The van der Waals surface area contributed by atoms with E-state index in [1.165, 1.54) is 25.7 Å². The lowest BCUT2D eigenvalue weighted by molar-refractivity contribution is -0.870. The van der Waals surface area contributed by atoms with Gasteiger partial charge in [0.1, 0.15) is 13.2 Å². The standard InChI is InChI=1S/C32H61N2O6P/c1-6-8-10-12-14-16-18-20-22-24-26-32(36)33-30(29-40-41(37,38)39-28-27-34(3,4)5)31(35)25-23-21-19-17-15-13-11-9-7-2/h10,12,15,17,23,25,30-31,35H,6-9,11,13-14,16,18-22,24,26-29H2,1-5H3,(H-,33,36,37,38)/p+1/b12-10-,17-15+,25-23+. The average molecular weight is 602 g/mol. The third kappa shape index (κ3) is 27.3. The molecule has 0 aliphatic rings. The van der Waals surface area contributed by atoms with E-state index in [1.807, 2.05) is 27.2 Å². The first kappa shape index (κ1) is 39.7. The molecule has 240 valence electrons. The number of nitrogens with one attached hydrogen (secondary N) is 1. The third-order valence-electron chi connectivity index (χ3n) is 6.56. The molecule has 0 saturated heterocycles. The molecule has 0 heterocycles. The number of rotatable bonds is 27. The molecule has 3 atom stereocenters. The molecule has 0 aliphatic heterocycles. The quantitative estimate of drug-likeness (QED) is 0.0397. The molecule has 1 amide bonds. The summed E-state index contributed by atoms with van der Waals surface area (Å²) < 4.78 is 23.2. The molecular weight excluding hydrogens is 539 g/mol. The van der Waals surface area contributed by atoms with Crippen LogP contribution >= 0.6 is 7.82 Å². The van der Waals surface area contributed by atoms with Crippen LogP contribution in [0, 0.1) is 0 Å². The minimum atomic E-state index is -4.32. The smallest absolute Gasteiger partial charge is 0.387 e. The van der Waals surface area contributed by atoms with Crippen LogP contribution in [0.1, 0.15) is 110 Å². The van der Waals surface area contributed by atoms with Crippen molar-refractivity contribution in [2.24, 2.45) is 0 Å². The lowest BCUT2D eigenvalue weighted by atomic mass is 10.1. The Morgan fingerprint density at radius 2 is 1.39 bits per heavy atom. The number of nitrogens with zero attached hydrogens (tertiary/aromatic N) is 1. The summed E-state index contributed by atoms with van der Waals surface area (Å²) in [5, 5.41) is 13.6. The van der Waals surface area contributed by atoms with Crippen LogP contribution in [0.2, 0.25) is 0 Å². The highest BCUT2D eigenvalue weighted by molar-refractivity contribution is 7.47. The van der Waals surface area contributed by atoms with Gasteiger partial charge in [-0.15, -0.1) is 0 Å². The van der Waals surface area contributed by atoms with E-state index in [-0.39, 0.29) is 19.1 Å². The fraction of sp³-hybridized carbons (Fsp3) is 0.781. The number of aliphatic hydroxyl groups excluding tert-OH is 1. The lowest BCUT2D eigenvalue weighted by Crippen LogP contribution is -2.45. The second-order valence-electron chi connectivity index (χ2n) is 11.8. The first-order chi connectivity index (χ1) is 19.5. The molecule has 0 aliphatic carbocycles. The number of phosphoric ester groups is 1. The lowest BCUT2D eigenvalue weighted by Gasteiger charge is -2.25. The van der Waals surface area contributed by atoms with E-state index < -0.39 is 20.0 Å². The summed E-state index contributed by atoms with van der Waals surface area (Å²) in [4.78, 5) is 22.7. The average Bonchev–Trinajstić information content (AvgIpc) is 2.90. The minimum absolute atomic E-state index is 0.0533. The van der Waals surface area contributed by atoms with Gasteiger partial charge in [-0.1, -0.05) is 88.8 Å². The molecule has 0 rings (SSSR count). The summed E-state index contributed by atoms with van der Waals surface area (Å²) in [7, 11) is 1.54. The van der Waals surface area contributed by atoms with Crippen molar-refractivity contribution < 1.29 is 32.9 Å². The summed E-state index contributed by atoms with van der Waals surface area (Å²) >= 11 is 0. The second kappa shape index (κ2) is 25.2. The number of carbonyl (C=O) groups excluding carboxylic acids is 1. The van der Waals surface area contributed by atoms with Gasteiger partial charge in [0.25, 0.3) is 0 Å². The van der Waals surface area contributed by atoms with Gasteiger partial charge in [-0.2, -0.15) is 0 Å². The molecule has 0 fully saturated rings. The van der Waals surface area contributed by atoms with Crippen LogP contribution in [0.15, 0.2) is 36.5 Å². The van der Waals surface area contributed by atoms with Crippen molar-refractivity contribution in [1.82, 2.24) is 5.32 Å². The Labute approximate surface area is 251 Å². The fourth-order valence-corrected chi connectivity index (χ4v) is 4.67. The molecule has 8 nitrogen and oxygen atoms in total. The number of carbonyl (C=O) groups is 1. The van der Waals surface area contributed by atoms with E-state index >= 15 is 0 Å². The van der Waals surface area contributed by atoms with Crippen LogP contribution in [-0.4, -0.2) is 73.4 Å². The largest absolute Gasteiger partial charge is 0.472 e. The van der Waals surface area contributed by atoms with Gasteiger partial charge in [0.05, 0.1) is 39.9 Å². The van der Waals surface area contributed by atoms with E-state index in [0.29, 0.717) is 17.4 Å². The number of aliphatic hydroxyl groups is 1. The fourth-order valence-electron chi connectivity index (χ4n) is 3.94. The highest BCUT2D eigenvalue weighted by Crippen LogP contribution is 2.43.